The fraction of sp³-hybridized carbons (Fsp3) is 0.556. The Morgan fingerprint density at radius 1 is 1.44 bits per heavy atom. The molecule has 0 aliphatic carbocycles. The Morgan fingerprint density at radius 3 is 2.75 bits per heavy atom. The summed E-state index contributed by atoms with van der Waals surface area (Å²) in [5.74, 6) is 2.83. The Hall–Kier alpha value is -1.37. The maximum absolute atomic E-state index is 11.3. The summed E-state index contributed by atoms with van der Waals surface area (Å²) in [6.07, 6.45) is 1.42. The number of ether oxygens (including phenoxy) is 1. The molecule has 0 unspecified atom stereocenters. The SMILES string of the molecule is COc1c(N)ncnc1N1CCS(=O)CC1. The van der Waals surface area contributed by atoms with Gasteiger partial charge in [0.15, 0.2) is 11.6 Å². The zero-order valence-corrected chi connectivity index (χ0v) is 9.87. The second-order valence-electron chi connectivity index (χ2n) is 3.45. The van der Waals surface area contributed by atoms with E-state index in [1.807, 2.05) is 4.90 Å². The fourth-order valence-corrected chi connectivity index (χ4v) is 2.70. The molecule has 2 heterocycles. The van der Waals surface area contributed by atoms with E-state index in [9.17, 15) is 4.21 Å². The molecule has 88 valence electrons. The molecule has 0 saturated carbocycles. The van der Waals surface area contributed by atoms with Crippen LogP contribution in [-0.4, -0.2) is 45.9 Å². The lowest BCUT2D eigenvalue weighted by molar-refractivity contribution is 0.413. The van der Waals surface area contributed by atoms with Gasteiger partial charge in [0.2, 0.25) is 5.75 Å². The monoisotopic (exact) mass is 242 g/mol. The highest BCUT2D eigenvalue weighted by atomic mass is 32.2. The highest BCUT2D eigenvalue weighted by molar-refractivity contribution is 7.85. The van der Waals surface area contributed by atoms with Gasteiger partial charge in [-0.05, 0) is 0 Å². The maximum Gasteiger partial charge on any atom is 0.204 e. The van der Waals surface area contributed by atoms with Crippen molar-refractivity contribution in [3.63, 3.8) is 0 Å². The minimum Gasteiger partial charge on any atom is -0.490 e. The lowest BCUT2D eigenvalue weighted by Gasteiger charge is -2.28. The minimum absolute atomic E-state index is 0.333. The number of nitrogens with two attached hydrogens (primary N) is 1. The van der Waals surface area contributed by atoms with Crippen molar-refractivity contribution in [3.8, 4) is 5.75 Å². The molecular weight excluding hydrogens is 228 g/mol. The van der Waals surface area contributed by atoms with E-state index in [2.05, 4.69) is 9.97 Å². The molecule has 2 rings (SSSR count). The molecule has 0 radical (unpaired) electrons. The van der Waals surface area contributed by atoms with Crippen LogP contribution in [-0.2, 0) is 10.8 Å². The van der Waals surface area contributed by atoms with Crippen molar-refractivity contribution in [2.75, 3.05) is 42.3 Å². The van der Waals surface area contributed by atoms with Crippen LogP contribution in [0.4, 0.5) is 11.6 Å². The van der Waals surface area contributed by atoms with Gasteiger partial charge < -0.3 is 15.4 Å². The van der Waals surface area contributed by atoms with Gasteiger partial charge in [0.05, 0.1) is 7.11 Å². The van der Waals surface area contributed by atoms with Crippen molar-refractivity contribution in [1.82, 2.24) is 9.97 Å². The van der Waals surface area contributed by atoms with Crippen LogP contribution < -0.4 is 15.4 Å². The van der Waals surface area contributed by atoms with Crippen LogP contribution in [0.1, 0.15) is 0 Å². The molecule has 6 nitrogen and oxygen atoms in total. The van der Waals surface area contributed by atoms with E-state index >= 15 is 0 Å². The first kappa shape index (κ1) is 11.1. The van der Waals surface area contributed by atoms with Crippen LogP contribution >= 0.6 is 0 Å². The van der Waals surface area contributed by atoms with Gasteiger partial charge in [-0.3, -0.25) is 4.21 Å². The summed E-state index contributed by atoms with van der Waals surface area (Å²) in [4.78, 5) is 10.1. The largest absolute Gasteiger partial charge is 0.490 e. The summed E-state index contributed by atoms with van der Waals surface area (Å²) in [6, 6.07) is 0. The summed E-state index contributed by atoms with van der Waals surface area (Å²) in [5, 5.41) is 0. The molecule has 0 aromatic carbocycles. The fourth-order valence-electron chi connectivity index (χ4n) is 1.65. The van der Waals surface area contributed by atoms with Crippen LogP contribution in [0.2, 0.25) is 0 Å². The van der Waals surface area contributed by atoms with Crippen LogP contribution in [0.25, 0.3) is 0 Å². The number of hydrogen-bond acceptors (Lipinski definition) is 6. The number of nitrogens with zero attached hydrogens (tertiary/aromatic N) is 3. The first-order valence-electron chi connectivity index (χ1n) is 4.96. The van der Waals surface area contributed by atoms with Gasteiger partial charge in [-0.1, -0.05) is 0 Å². The third kappa shape index (κ3) is 2.08. The molecule has 1 aliphatic heterocycles. The second kappa shape index (κ2) is 4.65. The normalized spacial score (nSPS) is 17.4. The molecule has 1 aromatic rings. The Bertz CT molecular complexity index is 402. The third-order valence-corrected chi connectivity index (χ3v) is 3.77. The Labute approximate surface area is 96.3 Å². The molecule has 7 heteroatoms. The van der Waals surface area contributed by atoms with Crippen LogP contribution in [0, 0.1) is 0 Å². The van der Waals surface area contributed by atoms with Gasteiger partial charge in [0.1, 0.15) is 6.33 Å². The van der Waals surface area contributed by atoms with Crippen LogP contribution in [0.3, 0.4) is 0 Å². The molecule has 0 amide bonds. The predicted octanol–water partition coefficient (Wildman–Crippen LogP) is -0.364. The summed E-state index contributed by atoms with van der Waals surface area (Å²) >= 11 is 0. The molecule has 1 aliphatic rings. The molecule has 0 atom stereocenters. The quantitative estimate of drug-likeness (QED) is 0.762. The van der Waals surface area contributed by atoms with Gasteiger partial charge >= 0.3 is 0 Å². The van der Waals surface area contributed by atoms with E-state index in [1.54, 1.807) is 7.11 Å². The van der Waals surface area contributed by atoms with E-state index in [0.717, 1.165) is 0 Å². The van der Waals surface area contributed by atoms with Crippen molar-refractivity contribution < 1.29 is 8.95 Å². The minimum atomic E-state index is -0.706. The second-order valence-corrected chi connectivity index (χ2v) is 5.15. The van der Waals surface area contributed by atoms with Crippen molar-refractivity contribution in [2.45, 2.75) is 0 Å². The molecule has 16 heavy (non-hydrogen) atoms. The van der Waals surface area contributed by atoms with Crippen molar-refractivity contribution in [1.29, 1.82) is 0 Å². The lowest BCUT2D eigenvalue weighted by atomic mass is 10.4. The molecule has 1 aromatic heterocycles. The molecule has 1 saturated heterocycles. The average Bonchev–Trinajstić information content (AvgIpc) is 2.30. The van der Waals surface area contributed by atoms with E-state index < -0.39 is 10.8 Å². The zero-order valence-electron chi connectivity index (χ0n) is 9.05. The number of methoxy groups -OCH3 is 1. The summed E-state index contributed by atoms with van der Waals surface area (Å²) in [6.45, 7) is 1.42. The lowest BCUT2D eigenvalue weighted by Crippen LogP contribution is -2.38. The third-order valence-electron chi connectivity index (χ3n) is 2.49. The van der Waals surface area contributed by atoms with Crippen molar-refractivity contribution >= 4 is 22.4 Å². The number of anilines is 2. The zero-order chi connectivity index (χ0) is 11.5. The highest BCUT2D eigenvalue weighted by Crippen LogP contribution is 2.30. The molecule has 0 bridgehead atoms. The van der Waals surface area contributed by atoms with Crippen LogP contribution in [0.5, 0.6) is 5.75 Å². The summed E-state index contributed by atoms with van der Waals surface area (Å²) < 4.78 is 16.4. The average molecular weight is 242 g/mol. The molecule has 1 fully saturated rings. The van der Waals surface area contributed by atoms with Crippen molar-refractivity contribution in [3.05, 3.63) is 6.33 Å². The van der Waals surface area contributed by atoms with Crippen molar-refractivity contribution in [2.24, 2.45) is 0 Å². The number of rotatable bonds is 2. The van der Waals surface area contributed by atoms with Gasteiger partial charge in [0, 0.05) is 35.4 Å². The first-order valence-corrected chi connectivity index (χ1v) is 6.45. The Balaban J connectivity index is 2.26. The smallest absolute Gasteiger partial charge is 0.204 e. The Morgan fingerprint density at radius 2 is 2.12 bits per heavy atom. The number of aromatic nitrogens is 2. The summed E-state index contributed by atoms with van der Waals surface area (Å²) in [7, 11) is 0.837. The maximum atomic E-state index is 11.3. The first-order chi connectivity index (χ1) is 7.72. The predicted molar refractivity (Wildman–Crippen MR) is 63.1 cm³/mol. The molecule has 2 N–H and O–H groups in total. The van der Waals surface area contributed by atoms with E-state index in [-0.39, 0.29) is 0 Å². The van der Waals surface area contributed by atoms with Gasteiger partial charge in [-0.25, -0.2) is 9.97 Å². The number of hydrogen-bond donors (Lipinski definition) is 1. The standard InChI is InChI=1S/C9H14N4O2S/c1-15-7-8(10)11-6-12-9(7)13-2-4-16(14)5-3-13/h6H,2-5H2,1H3,(H2,10,11,12). The van der Waals surface area contributed by atoms with E-state index in [4.69, 9.17) is 10.5 Å². The number of nitrogen functional groups attached to an aromatic ring is 1. The van der Waals surface area contributed by atoms with E-state index in [1.165, 1.54) is 6.33 Å². The summed E-state index contributed by atoms with van der Waals surface area (Å²) in [5.41, 5.74) is 5.70. The highest BCUT2D eigenvalue weighted by Gasteiger charge is 2.21. The van der Waals surface area contributed by atoms with E-state index in [0.29, 0.717) is 42.0 Å². The van der Waals surface area contributed by atoms with Gasteiger partial charge in [0.25, 0.3) is 0 Å². The topological polar surface area (TPSA) is 81.3 Å². The molecular formula is C9H14N4O2S. The van der Waals surface area contributed by atoms with Crippen LogP contribution in [0.15, 0.2) is 6.33 Å². The molecule has 0 spiro atoms. The Kier molecular flexibility index (Phi) is 3.23. The van der Waals surface area contributed by atoms with Gasteiger partial charge in [-0.15, -0.1) is 0 Å². The van der Waals surface area contributed by atoms with Gasteiger partial charge in [-0.2, -0.15) is 0 Å².